The molecule has 3 aromatic rings. The molecule has 0 saturated carbocycles. The standard InChI is InChI=1S/C27H27Cl2N5O2/c28-23-8-3-18(14-24(23)29)15-26(35)33-12-9-20(10-13-33)19-4-6-22(7-5-19)31-27(36)21-16-34(17-21)25-2-1-11-30-32-25/h1-8,11,14,20-21H,9-10,12-13,15-17H2,(H,31,36). The average Bonchev–Trinajstić information content (AvgIpc) is 2.86. The van der Waals surface area contributed by atoms with Crippen molar-refractivity contribution in [2.45, 2.75) is 25.2 Å². The summed E-state index contributed by atoms with van der Waals surface area (Å²) in [6.07, 6.45) is 3.80. The molecule has 2 saturated heterocycles. The van der Waals surface area contributed by atoms with Crippen molar-refractivity contribution in [3.8, 4) is 0 Å². The van der Waals surface area contributed by atoms with Crippen LogP contribution in [0.15, 0.2) is 60.8 Å². The van der Waals surface area contributed by atoms with Gasteiger partial charge in [-0.25, -0.2) is 0 Å². The van der Waals surface area contributed by atoms with Gasteiger partial charge in [0.25, 0.3) is 0 Å². The molecule has 0 bridgehead atoms. The minimum atomic E-state index is -0.0579. The van der Waals surface area contributed by atoms with Crippen molar-refractivity contribution < 1.29 is 9.59 Å². The predicted octanol–water partition coefficient (Wildman–Crippen LogP) is 4.81. The lowest BCUT2D eigenvalue weighted by atomic mass is 9.89. The van der Waals surface area contributed by atoms with Crippen molar-refractivity contribution in [2.24, 2.45) is 5.92 Å². The third kappa shape index (κ3) is 5.63. The van der Waals surface area contributed by atoms with Crippen molar-refractivity contribution >= 4 is 46.5 Å². The van der Waals surface area contributed by atoms with Gasteiger partial charge in [0.15, 0.2) is 5.82 Å². The Morgan fingerprint density at radius 1 is 0.972 bits per heavy atom. The lowest BCUT2D eigenvalue weighted by Crippen LogP contribution is -2.52. The van der Waals surface area contributed by atoms with Gasteiger partial charge in [0.2, 0.25) is 11.8 Å². The van der Waals surface area contributed by atoms with Crippen LogP contribution in [0.4, 0.5) is 11.5 Å². The lowest BCUT2D eigenvalue weighted by Gasteiger charge is -2.38. The minimum Gasteiger partial charge on any atom is -0.353 e. The van der Waals surface area contributed by atoms with Crippen molar-refractivity contribution in [1.29, 1.82) is 0 Å². The first-order valence-electron chi connectivity index (χ1n) is 12.1. The molecule has 2 aliphatic heterocycles. The Morgan fingerprint density at radius 2 is 1.72 bits per heavy atom. The van der Waals surface area contributed by atoms with Gasteiger partial charge < -0.3 is 15.1 Å². The smallest absolute Gasteiger partial charge is 0.231 e. The molecule has 0 radical (unpaired) electrons. The molecule has 2 aromatic carbocycles. The summed E-state index contributed by atoms with van der Waals surface area (Å²) in [6.45, 7) is 2.75. The van der Waals surface area contributed by atoms with Crippen LogP contribution in [0.5, 0.6) is 0 Å². The molecule has 0 unspecified atom stereocenters. The number of halogens is 2. The number of hydrogen-bond acceptors (Lipinski definition) is 5. The molecule has 1 N–H and O–H groups in total. The molecule has 186 valence electrons. The highest BCUT2D eigenvalue weighted by atomic mass is 35.5. The molecule has 36 heavy (non-hydrogen) atoms. The summed E-state index contributed by atoms with van der Waals surface area (Å²) >= 11 is 12.0. The van der Waals surface area contributed by atoms with E-state index in [0.717, 1.165) is 43.0 Å². The summed E-state index contributed by atoms with van der Waals surface area (Å²) in [7, 11) is 0. The van der Waals surface area contributed by atoms with Gasteiger partial charge in [0, 0.05) is 38.1 Å². The molecule has 7 nitrogen and oxygen atoms in total. The van der Waals surface area contributed by atoms with Gasteiger partial charge in [0.1, 0.15) is 0 Å². The Bertz CT molecular complexity index is 1220. The fraction of sp³-hybridized carbons (Fsp3) is 0.333. The molecule has 0 atom stereocenters. The summed E-state index contributed by atoms with van der Waals surface area (Å²) in [6, 6.07) is 17.2. The maximum absolute atomic E-state index is 12.7. The highest BCUT2D eigenvalue weighted by Crippen LogP contribution is 2.30. The number of benzene rings is 2. The Hall–Kier alpha value is -3.16. The molecule has 5 rings (SSSR count). The molecule has 0 aliphatic carbocycles. The number of nitrogens with zero attached hydrogens (tertiary/aromatic N) is 4. The molecule has 9 heteroatoms. The fourth-order valence-electron chi connectivity index (χ4n) is 4.77. The highest BCUT2D eigenvalue weighted by molar-refractivity contribution is 6.42. The minimum absolute atomic E-state index is 0.0247. The zero-order valence-corrected chi connectivity index (χ0v) is 21.3. The first-order valence-corrected chi connectivity index (χ1v) is 12.9. The van der Waals surface area contributed by atoms with Crippen molar-refractivity contribution in [2.75, 3.05) is 36.4 Å². The number of piperidine rings is 1. The van der Waals surface area contributed by atoms with E-state index in [4.69, 9.17) is 23.2 Å². The van der Waals surface area contributed by atoms with Crippen LogP contribution in [-0.2, 0) is 16.0 Å². The van der Waals surface area contributed by atoms with Gasteiger partial charge in [0.05, 0.1) is 22.4 Å². The van der Waals surface area contributed by atoms with E-state index in [1.807, 2.05) is 40.1 Å². The Kier molecular flexibility index (Phi) is 7.39. The van der Waals surface area contributed by atoms with E-state index in [9.17, 15) is 9.59 Å². The second-order valence-electron chi connectivity index (χ2n) is 9.38. The highest BCUT2D eigenvalue weighted by Gasteiger charge is 2.33. The summed E-state index contributed by atoms with van der Waals surface area (Å²) in [4.78, 5) is 29.3. The summed E-state index contributed by atoms with van der Waals surface area (Å²) < 4.78 is 0. The third-order valence-electron chi connectivity index (χ3n) is 6.97. The Morgan fingerprint density at radius 3 is 2.39 bits per heavy atom. The normalized spacial score (nSPS) is 16.5. The van der Waals surface area contributed by atoms with E-state index in [0.29, 0.717) is 35.5 Å². The SMILES string of the molecule is O=C(Nc1ccc(C2CCN(C(=O)Cc3ccc(Cl)c(Cl)c3)CC2)cc1)C1CN(c2cccnn2)C1. The van der Waals surface area contributed by atoms with Crippen molar-refractivity contribution in [3.63, 3.8) is 0 Å². The zero-order valence-electron chi connectivity index (χ0n) is 19.7. The van der Waals surface area contributed by atoms with Gasteiger partial charge >= 0.3 is 0 Å². The number of hydrogen-bond donors (Lipinski definition) is 1. The van der Waals surface area contributed by atoms with Crippen molar-refractivity contribution in [3.05, 3.63) is 82.0 Å². The van der Waals surface area contributed by atoms with Crippen LogP contribution >= 0.6 is 23.2 Å². The first kappa shape index (κ1) is 24.5. The molecule has 2 fully saturated rings. The zero-order chi connectivity index (χ0) is 25.1. The van der Waals surface area contributed by atoms with Crippen molar-refractivity contribution in [1.82, 2.24) is 15.1 Å². The van der Waals surface area contributed by atoms with Gasteiger partial charge in [-0.1, -0.05) is 41.4 Å². The third-order valence-corrected chi connectivity index (χ3v) is 7.71. The second-order valence-corrected chi connectivity index (χ2v) is 10.2. The number of carbonyl (C=O) groups excluding carboxylic acids is 2. The summed E-state index contributed by atoms with van der Waals surface area (Å²) in [5.41, 5.74) is 2.91. The van der Waals surface area contributed by atoms with Gasteiger partial charge in [-0.15, -0.1) is 5.10 Å². The van der Waals surface area contributed by atoms with Gasteiger partial charge in [-0.3, -0.25) is 9.59 Å². The molecule has 0 spiro atoms. The topological polar surface area (TPSA) is 78.4 Å². The van der Waals surface area contributed by atoms with E-state index >= 15 is 0 Å². The molecular weight excluding hydrogens is 497 g/mol. The molecule has 2 aliphatic rings. The Labute approximate surface area is 220 Å². The fourth-order valence-corrected chi connectivity index (χ4v) is 5.10. The molecular formula is C27H27Cl2N5O2. The Balaban J connectivity index is 1.08. The van der Waals surface area contributed by atoms with Crippen LogP contribution in [0.2, 0.25) is 10.0 Å². The van der Waals surface area contributed by atoms with Crippen LogP contribution < -0.4 is 10.2 Å². The average molecular weight is 524 g/mol. The summed E-state index contributed by atoms with van der Waals surface area (Å²) in [5.74, 6) is 1.27. The number of carbonyl (C=O) groups is 2. The van der Waals surface area contributed by atoms with E-state index in [1.54, 1.807) is 18.3 Å². The van der Waals surface area contributed by atoms with Gasteiger partial charge in [-0.05, 0) is 66.3 Å². The van der Waals surface area contributed by atoms with Gasteiger partial charge in [-0.2, -0.15) is 5.10 Å². The largest absolute Gasteiger partial charge is 0.353 e. The van der Waals surface area contributed by atoms with Crippen LogP contribution in [0.1, 0.15) is 29.9 Å². The molecule has 2 amide bonds. The number of amides is 2. The number of rotatable bonds is 6. The van der Waals surface area contributed by atoms with E-state index in [-0.39, 0.29) is 17.7 Å². The summed E-state index contributed by atoms with van der Waals surface area (Å²) in [5, 5.41) is 12.0. The first-order chi connectivity index (χ1) is 17.5. The second kappa shape index (κ2) is 10.8. The predicted molar refractivity (Wildman–Crippen MR) is 142 cm³/mol. The molecule has 1 aromatic heterocycles. The van der Waals surface area contributed by atoms with Crippen LogP contribution in [0.25, 0.3) is 0 Å². The van der Waals surface area contributed by atoms with E-state index < -0.39 is 0 Å². The number of aromatic nitrogens is 2. The van der Waals surface area contributed by atoms with E-state index in [1.165, 1.54) is 5.56 Å². The quantitative estimate of drug-likeness (QED) is 0.501. The maximum atomic E-state index is 12.7. The number of nitrogens with one attached hydrogen (secondary N) is 1. The van der Waals surface area contributed by atoms with Crippen LogP contribution in [-0.4, -0.2) is 53.1 Å². The number of anilines is 2. The van der Waals surface area contributed by atoms with E-state index in [2.05, 4.69) is 27.6 Å². The van der Waals surface area contributed by atoms with Crippen LogP contribution in [0, 0.1) is 5.92 Å². The van der Waals surface area contributed by atoms with Crippen LogP contribution in [0.3, 0.4) is 0 Å². The number of likely N-dealkylation sites (tertiary alicyclic amines) is 1. The molecule has 3 heterocycles. The monoisotopic (exact) mass is 523 g/mol. The maximum Gasteiger partial charge on any atom is 0.231 e. The lowest BCUT2D eigenvalue weighted by molar-refractivity contribution is -0.131.